The fourth-order valence-electron chi connectivity index (χ4n) is 1.27. The number of phenols is 2. The van der Waals surface area contributed by atoms with Gasteiger partial charge in [-0.15, -0.1) is 0 Å². The summed E-state index contributed by atoms with van der Waals surface area (Å²) in [6, 6.07) is 3.93. The van der Waals surface area contributed by atoms with Gasteiger partial charge in [0.1, 0.15) is 6.10 Å². The van der Waals surface area contributed by atoms with E-state index in [0.717, 1.165) is 0 Å². The Morgan fingerprint density at radius 3 is 2.40 bits per heavy atom. The Morgan fingerprint density at radius 1 is 1.20 bits per heavy atom. The van der Waals surface area contributed by atoms with Crippen LogP contribution in [0.5, 0.6) is 11.5 Å². The van der Waals surface area contributed by atoms with Gasteiger partial charge >= 0.3 is 0 Å². The molecule has 1 aromatic rings. The van der Waals surface area contributed by atoms with Crippen LogP contribution in [0.15, 0.2) is 18.2 Å². The third-order valence-corrected chi connectivity index (χ3v) is 2.12. The van der Waals surface area contributed by atoms with Crippen molar-refractivity contribution in [2.45, 2.75) is 12.2 Å². The highest BCUT2D eigenvalue weighted by atomic mass is 16.3. The lowest BCUT2D eigenvalue weighted by atomic mass is 10.0. The Morgan fingerprint density at radius 2 is 1.87 bits per heavy atom. The van der Waals surface area contributed by atoms with Crippen LogP contribution >= 0.6 is 0 Å². The molecule has 0 amide bonds. The molecule has 1 rings (SSSR count). The van der Waals surface area contributed by atoms with Gasteiger partial charge in [0.15, 0.2) is 11.5 Å². The molecule has 0 aromatic heterocycles. The van der Waals surface area contributed by atoms with Gasteiger partial charge in [0.05, 0.1) is 6.10 Å². The number of nitrogens with one attached hydrogen (secondary N) is 1. The number of benzene rings is 1. The van der Waals surface area contributed by atoms with E-state index in [1.807, 2.05) is 0 Å². The Kier molecular flexibility index (Phi) is 3.90. The average Bonchev–Trinajstić information content (AvgIpc) is 2.21. The maximum atomic E-state index is 9.65. The molecular weight excluding hydrogens is 198 g/mol. The molecular formula is C10H15NO4. The fourth-order valence-corrected chi connectivity index (χ4v) is 1.27. The van der Waals surface area contributed by atoms with Crippen molar-refractivity contribution in [1.29, 1.82) is 0 Å². The summed E-state index contributed by atoms with van der Waals surface area (Å²) in [7, 11) is 1.66. The van der Waals surface area contributed by atoms with Gasteiger partial charge in [0, 0.05) is 6.54 Å². The highest BCUT2D eigenvalue weighted by molar-refractivity contribution is 5.41. The Balaban J connectivity index is 2.81. The quantitative estimate of drug-likeness (QED) is 0.443. The van der Waals surface area contributed by atoms with Crippen LogP contribution in [0.3, 0.4) is 0 Å². The molecule has 84 valence electrons. The number of likely N-dealkylation sites (N-methyl/N-ethyl adjacent to an activating group) is 1. The molecule has 0 aliphatic rings. The van der Waals surface area contributed by atoms with Crippen molar-refractivity contribution < 1.29 is 20.4 Å². The van der Waals surface area contributed by atoms with Crippen LogP contribution in [0.25, 0.3) is 0 Å². The van der Waals surface area contributed by atoms with Crippen molar-refractivity contribution in [2.24, 2.45) is 0 Å². The second kappa shape index (κ2) is 4.97. The normalized spacial score (nSPS) is 14.9. The number of phenolic OH excluding ortho intramolecular Hbond substituents is 2. The van der Waals surface area contributed by atoms with Crippen molar-refractivity contribution in [3.8, 4) is 11.5 Å². The Bertz CT molecular complexity index is 329. The smallest absolute Gasteiger partial charge is 0.157 e. The molecule has 0 spiro atoms. The van der Waals surface area contributed by atoms with Gasteiger partial charge in [-0.05, 0) is 24.7 Å². The highest BCUT2D eigenvalue weighted by Gasteiger charge is 2.18. The second-order valence-corrected chi connectivity index (χ2v) is 3.32. The van der Waals surface area contributed by atoms with E-state index in [-0.39, 0.29) is 18.0 Å². The SMILES string of the molecule is CNCC(O)C(O)c1ccc(O)c(O)c1. The summed E-state index contributed by atoms with van der Waals surface area (Å²) in [4.78, 5) is 0. The van der Waals surface area contributed by atoms with Gasteiger partial charge in [0.25, 0.3) is 0 Å². The molecule has 0 saturated carbocycles. The summed E-state index contributed by atoms with van der Waals surface area (Å²) in [6.07, 6.45) is -2.05. The van der Waals surface area contributed by atoms with E-state index in [0.29, 0.717) is 5.56 Å². The fraction of sp³-hybridized carbons (Fsp3) is 0.400. The first-order valence-electron chi connectivity index (χ1n) is 4.59. The minimum Gasteiger partial charge on any atom is -0.504 e. The third kappa shape index (κ3) is 2.82. The van der Waals surface area contributed by atoms with Gasteiger partial charge in [-0.25, -0.2) is 0 Å². The van der Waals surface area contributed by atoms with Gasteiger partial charge in [0.2, 0.25) is 0 Å². The number of aromatic hydroxyl groups is 2. The third-order valence-electron chi connectivity index (χ3n) is 2.12. The largest absolute Gasteiger partial charge is 0.504 e. The molecule has 1 aromatic carbocycles. The van der Waals surface area contributed by atoms with E-state index in [1.54, 1.807) is 7.05 Å². The zero-order valence-electron chi connectivity index (χ0n) is 8.38. The monoisotopic (exact) mass is 213 g/mol. The lowest BCUT2D eigenvalue weighted by molar-refractivity contribution is 0.0201. The number of hydrogen-bond acceptors (Lipinski definition) is 5. The predicted octanol–water partition coefficient (Wildman–Crippen LogP) is -0.289. The summed E-state index contributed by atoms with van der Waals surface area (Å²) in [5, 5.41) is 40.1. The van der Waals surface area contributed by atoms with Gasteiger partial charge in [-0.3, -0.25) is 0 Å². The topological polar surface area (TPSA) is 93.0 Å². The van der Waals surface area contributed by atoms with E-state index < -0.39 is 12.2 Å². The van der Waals surface area contributed by atoms with Gasteiger partial charge in [-0.1, -0.05) is 6.07 Å². The maximum absolute atomic E-state index is 9.65. The standard InChI is InChI=1S/C10H15NO4/c1-11-5-9(14)10(15)6-2-3-7(12)8(13)4-6/h2-4,9-15H,5H2,1H3. The van der Waals surface area contributed by atoms with E-state index in [2.05, 4.69) is 5.32 Å². The van der Waals surface area contributed by atoms with E-state index in [9.17, 15) is 15.3 Å². The van der Waals surface area contributed by atoms with Crippen molar-refractivity contribution in [3.63, 3.8) is 0 Å². The molecule has 2 atom stereocenters. The summed E-state index contributed by atoms with van der Waals surface area (Å²) >= 11 is 0. The van der Waals surface area contributed by atoms with Gasteiger partial charge < -0.3 is 25.7 Å². The number of aliphatic hydroxyl groups is 2. The van der Waals surface area contributed by atoms with Crippen molar-refractivity contribution in [2.75, 3.05) is 13.6 Å². The van der Waals surface area contributed by atoms with E-state index in [1.165, 1.54) is 18.2 Å². The molecule has 5 nitrogen and oxygen atoms in total. The predicted molar refractivity (Wildman–Crippen MR) is 54.7 cm³/mol. The van der Waals surface area contributed by atoms with Crippen molar-refractivity contribution in [3.05, 3.63) is 23.8 Å². The molecule has 0 fully saturated rings. The first-order valence-corrected chi connectivity index (χ1v) is 4.59. The van der Waals surface area contributed by atoms with E-state index >= 15 is 0 Å². The second-order valence-electron chi connectivity index (χ2n) is 3.32. The van der Waals surface area contributed by atoms with Crippen LogP contribution in [0.4, 0.5) is 0 Å². The number of hydrogen-bond donors (Lipinski definition) is 5. The summed E-state index contributed by atoms with van der Waals surface area (Å²) in [5.41, 5.74) is 0.355. The highest BCUT2D eigenvalue weighted by Crippen LogP contribution is 2.28. The molecule has 5 N–H and O–H groups in total. The molecule has 2 unspecified atom stereocenters. The van der Waals surface area contributed by atoms with Gasteiger partial charge in [-0.2, -0.15) is 0 Å². The first kappa shape index (κ1) is 11.8. The summed E-state index contributed by atoms with van der Waals surface area (Å²) in [6.45, 7) is 0.239. The Hall–Kier alpha value is -1.30. The zero-order valence-corrected chi connectivity index (χ0v) is 8.38. The van der Waals surface area contributed by atoms with Crippen LogP contribution in [0, 0.1) is 0 Å². The maximum Gasteiger partial charge on any atom is 0.157 e. The molecule has 0 radical (unpaired) electrons. The zero-order chi connectivity index (χ0) is 11.4. The first-order chi connectivity index (χ1) is 7.06. The van der Waals surface area contributed by atoms with E-state index in [4.69, 9.17) is 5.11 Å². The molecule has 0 heterocycles. The lowest BCUT2D eigenvalue weighted by Crippen LogP contribution is -2.29. The minimum atomic E-state index is -1.09. The number of rotatable bonds is 4. The summed E-state index contributed by atoms with van der Waals surface area (Å²) < 4.78 is 0. The minimum absolute atomic E-state index is 0.239. The van der Waals surface area contributed by atoms with Crippen LogP contribution in [-0.2, 0) is 0 Å². The van der Waals surface area contributed by atoms with Crippen LogP contribution in [0.1, 0.15) is 11.7 Å². The molecule has 5 heteroatoms. The molecule has 0 aliphatic heterocycles. The average molecular weight is 213 g/mol. The lowest BCUT2D eigenvalue weighted by Gasteiger charge is -2.18. The molecule has 0 saturated heterocycles. The molecule has 0 bridgehead atoms. The van der Waals surface area contributed by atoms with Crippen molar-refractivity contribution >= 4 is 0 Å². The van der Waals surface area contributed by atoms with Crippen molar-refractivity contribution in [1.82, 2.24) is 5.32 Å². The summed E-state index contributed by atoms with van der Waals surface area (Å²) in [5.74, 6) is -0.572. The van der Waals surface area contributed by atoms with Crippen LogP contribution in [0.2, 0.25) is 0 Å². The molecule has 0 aliphatic carbocycles. The Labute approximate surface area is 87.6 Å². The molecule has 15 heavy (non-hydrogen) atoms. The van der Waals surface area contributed by atoms with Crippen LogP contribution < -0.4 is 5.32 Å². The number of aliphatic hydroxyl groups excluding tert-OH is 2. The van der Waals surface area contributed by atoms with Crippen LogP contribution in [-0.4, -0.2) is 40.1 Å².